The fourth-order valence-electron chi connectivity index (χ4n) is 5.01. The van der Waals surface area contributed by atoms with E-state index in [0.717, 1.165) is 42.9 Å². The summed E-state index contributed by atoms with van der Waals surface area (Å²) >= 11 is 0. The topological polar surface area (TPSA) is 112 Å². The number of aliphatic hydroxyl groups is 2. The Bertz CT molecular complexity index is 1230. The van der Waals surface area contributed by atoms with Gasteiger partial charge in [0.05, 0.1) is 29.8 Å². The Morgan fingerprint density at radius 2 is 2.09 bits per heavy atom. The highest BCUT2D eigenvalue weighted by Gasteiger charge is 2.37. The lowest BCUT2D eigenvalue weighted by Gasteiger charge is -2.39. The summed E-state index contributed by atoms with van der Waals surface area (Å²) in [6.45, 7) is 7.02. The molecule has 3 aromatic rings. The van der Waals surface area contributed by atoms with Gasteiger partial charge in [0.2, 0.25) is 0 Å². The van der Waals surface area contributed by atoms with Crippen LogP contribution in [0.15, 0.2) is 36.8 Å². The molecule has 4 heterocycles. The van der Waals surface area contributed by atoms with Crippen LogP contribution in [0.25, 0.3) is 5.65 Å². The zero-order valence-electron chi connectivity index (χ0n) is 19.8. The average Bonchev–Trinajstić information content (AvgIpc) is 3.38. The summed E-state index contributed by atoms with van der Waals surface area (Å²) < 4.78 is 7.66. The van der Waals surface area contributed by atoms with E-state index in [1.54, 1.807) is 23.0 Å². The predicted molar refractivity (Wildman–Crippen MR) is 128 cm³/mol. The van der Waals surface area contributed by atoms with Crippen LogP contribution in [0.4, 0.5) is 11.4 Å². The molecule has 2 aromatic heterocycles. The number of hydrogen-bond acceptors (Lipinski definition) is 7. The number of amides is 1. The van der Waals surface area contributed by atoms with Crippen LogP contribution in [0.2, 0.25) is 0 Å². The molecule has 1 saturated heterocycles. The summed E-state index contributed by atoms with van der Waals surface area (Å²) in [4.78, 5) is 19.8. The molecular formula is C25H31N5O4. The maximum Gasteiger partial charge on any atom is 0.261 e. The number of aromatic nitrogens is 3. The lowest BCUT2D eigenvalue weighted by Crippen LogP contribution is -2.42. The molecule has 0 radical (unpaired) electrons. The first-order chi connectivity index (χ1) is 16.2. The number of carbonyl (C=O) groups excluding carboxylic acids is 1. The van der Waals surface area contributed by atoms with Gasteiger partial charge in [0.1, 0.15) is 16.9 Å². The minimum absolute atomic E-state index is 0.0935. The van der Waals surface area contributed by atoms with E-state index in [9.17, 15) is 15.0 Å². The molecule has 1 atom stereocenters. The van der Waals surface area contributed by atoms with Gasteiger partial charge in [-0.05, 0) is 51.7 Å². The zero-order chi connectivity index (χ0) is 24.1. The van der Waals surface area contributed by atoms with Crippen molar-refractivity contribution >= 4 is 22.9 Å². The molecule has 2 aliphatic heterocycles. The number of hydrogen-bond donors (Lipinski definition) is 3. The minimum Gasteiger partial charge on any atom is -0.484 e. The fraction of sp³-hybridized carbons (Fsp3) is 0.480. The first-order valence-corrected chi connectivity index (χ1v) is 11.7. The normalized spacial score (nSPS) is 20.9. The molecule has 1 aromatic carbocycles. The maximum absolute atomic E-state index is 13.3. The second-order valence-corrected chi connectivity index (χ2v) is 10.2. The molecule has 1 fully saturated rings. The first-order valence-electron chi connectivity index (χ1n) is 11.7. The van der Waals surface area contributed by atoms with E-state index in [-0.39, 0.29) is 18.4 Å². The lowest BCUT2D eigenvalue weighted by molar-refractivity contribution is 0.00651. The second-order valence-electron chi connectivity index (χ2n) is 10.2. The van der Waals surface area contributed by atoms with E-state index in [1.165, 1.54) is 6.20 Å². The summed E-state index contributed by atoms with van der Waals surface area (Å²) in [7, 11) is 0. The van der Waals surface area contributed by atoms with Crippen molar-refractivity contribution in [3.8, 4) is 5.75 Å². The van der Waals surface area contributed by atoms with Crippen LogP contribution in [0.1, 0.15) is 49.5 Å². The van der Waals surface area contributed by atoms with Crippen LogP contribution in [0, 0.1) is 5.92 Å². The molecule has 34 heavy (non-hydrogen) atoms. The second kappa shape index (κ2) is 8.25. The summed E-state index contributed by atoms with van der Waals surface area (Å²) in [6, 6.07) is 5.67. The van der Waals surface area contributed by atoms with Crippen molar-refractivity contribution in [2.45, 2.75) is 51.2 Å². The van der Waals surface area contributed by atoms with Gasteiger partial charge in [0, 0.05) is 43.5 Å². The van der Waals surface area contributed by atoms with Gasteiger partial charge >= 0.3 is 0 Å². The number of ether oxygens (including phenoxy) is 1. The summed E-state index contributed by atoms with van der Waals surface area (Å²) in [5.41, 5.74) is 1.99. The standard InChI is InChI=1S/C25H31N5O4/c1-24(2,33)17-5-9-29(10-6-17)20-12-21-16(13-25(3,15-31)34-21)11-19(20)28-23(32)18-14-27-30-8-4-7-26-22(18)30/h4,7-8,11-12,14,17,31,33H,5-6,9-10,13,15H2,1-3H3,(H,28,32)/t25-/m1/s1. The SMILES string of the molecule is CC(C)(O)C1CCN(c2cc3c(cc2NC(=O)c2cnn4cccnc24)C[C@](C)(CO)O3)CC1. The Balaban J connectivity index is 1.47. The van der Waals surface area contributed by atoms with Crippen molar-refractivity contribution < 1.29 is 19.7 Å². The number of nitrogens with zero attached hydrogens (tertiary/aromatic N) is 4. The van der Waals surface area contributed by atoms with E-state index in [0.29, 0.717) is 23.3 Å². The van der Waals surface area contributed by atoms with Gasteiger partial charge in [-0.3, -0.25) is 4.79 Å². The van der Waals surface area contributed by atoms with E-state index < -0.39 is 11.2 Å². The van der Waals surface area contributed by atoms with Gasteiger partial charge in [-0.1, -0.05) is 0 Å². The van der Waals surface area contributed by atoms with Crippen molar-refractivity contribution in [3.05, 3.63) is 47.9 Å². The lowest BCUT2D eigenvalue weighted by atomic mass is 9.83. The molecule has 0 spiro atoms. The third-order valence-electron chi connectivity index (χ3n) is 7.04. The van der Waals surface area contributed by atoms with E-state index in [1.807, 2.05) is 32.9 Å². The molecule has 0 bridgehead atoms. The van der Waals surface area contributed by atoms with Crippen LogP contribution in [-0.2, 0) is 6.42 Å². The molecule has 2 aliphatic rings. The van der Waals surface area contributed by atoms with Crippen molar-refractivity contribution in [1.82, 2.24) is 14.6 Å². The highest BCUT2D eigenvalue weighted by molar-refractivity contribution is 6.09. The average molecular weight is 466 g/mol. The molecule has 1 amide bonds. The van der Waals surface area contributed by atoms with E-state index in [2.05, 4.69) is 20.3 Å². The van der Waals surface area contributed by atoms with E-state index in [4.69, 9.17) is 4.74 Å². The van der Waals surface area contributed by atoms with Crippen molar-refractivity contribution in [2.24, 2.45) is 5.92 Å². The third kappa shape index (κ3) is 4.10. The largest absolute Gasteiger partial charge is 0.484 e. The number of piperidine rings is 1. The molecule has 5 rings (SSSR count). The molecule has 9 heteroatoms. The van der Waals surface area contributed by atoms with Crippen LogP contribution in [0.5, 0.6) is 5.75 Å². The third-order valence-corrected chi connectivity index (χ3v) is 7.04. The van der Waals surface area contributed by atoms with E-state index >= 15 is 0 Å². The quantitative estimate of drug-likeness (QED) is 0.531. The van der Waals surface area contributed by atoms with Crippen LogP contribution < -0.4 is 15.0 Å². The van der Waals surface area contributed by atoms with Gasteiger partial charge in [0.25, 0.3) is 5.91 Å². The molecule has 180 valence electrons. The van der Waals surface area contributed by atoms with Crippen molar-refractivity contribution in [1.29, 1.82) is 0 Å². The predicted octanol–water partition coefficient (Wildman–Crippen LogP) is 2.65. The Labute approximate surface area is 198 Å². The smallest absolute Gasteiger partial charge is 0.261 e. The number of nitrogens with one attached hydrogen (secondary N) is 1. The van der Waals surface area contributed by atoms with Gasteiger partial charge < -0.3 is 25.2 Å². The van der Waals surface area contributed by atoms with Crippen LogP contribution >= 0.6 is 0 Å². The van der Waals surface area contributed by atoms with Gasteiger partial charge in [0.15, 0.2) is 5.65 Å². The van der Waals surface area contributed by atoms with Gasteiger partial charge in [-0.15, -0.1) is 0 Å². The highest BCUT2D eigenvalue weighted by atomic mass is 16.5. The zero-order valence-corrected chi connectivity index (χ0v) is 19.8. The Hall–Kier alpha value is -3.17. The molecular weight excluding hydrogens is 434 g/mol. The van der Waals surface area contributed by atoms with Crippen LogP contribution in [0.3, 0.4) is 0 Å². The minimum atomic E-state index is -0.719. The van der Waals surface area contributed by atoms with Gasteiger partial charge in [-0.25, -0.2) is 9.50 Å². The summed E-state index contributed by atoms with van der Waals surface area (Å²) in [5, 5.41) is 27.6. The maximum atomic E-state index is 13.3. The number of aliphatic hydroxyl groups excluding tert-OH is 1. The molecule has 3 N–H and O–H groups in total. The van der Waals surface area contributed by atoms with Gasteiger partial charge in [-0.2, -0.15) is 5.10 Å². The molecule has 9 nitrogen and oxygen atoms in total. The summed E-state index contributed by atoms with van der Waals surface area (Å²) in [5.74, 6) is 0.659. The van der Waals surface area contributed by atoms with Crippen molar-refractivity contribution in [2.75, 3.05) is 29.9 Å². The number of carbonyl (C=O) groups is 1. The molecule has 0 saturated carbocycles. The monoisotopic (exact) mass is 465 g/mol. The number of fused-ring (bicyclic) bond motifs is 2. The first kappa shape index (κ1) is 22.6. The number of rotatable bonds is 5. The summed E-state index contributed by atoms with van der Waals surface area (Å²) in [6.07, 6.45) is 7.16. The number of benzene rings is 1. The van der Waals surface area contributed by atoms with Crippen LogP contribution in [-0.4, -0.2) is 61.6 Å². The Kier molecular flexibility index (Phi) is 5.49. The van der Waals surface area contributed by atoms with Crippen molar-refractivity contribution in [3.63, 3.8) is 0 Å². The fourth-order valence-corrected chi connectivity index (χ4v) is 5.01. The Morgan fingerprint density at radius 1 is 1.32 bits per heavy atom. The molecule has 0 aliphatic carbocycles. The highest BCUT2D eigenvalue weighted by Crippen LogP contribution is 2.43. The number of anilines is 2. The molecule has 0 unspecified atom stereocenters. The Morgan fingerprint density at radius 3 is 2.79 bits per heavy atom.